The van der Waals surface area contributed by atoms with Crippen molar-refractivity contribution in [2.24, 2.45) is 5.10 Å². The maximum absolute atomic E-state index is 13.4. The van der Waals surface area contributed by atoms with Gasteiger partial charge in [-0.1, -0.05) is 30.3 Å². The van der Waals surface area contributed by atoms with Crippen LogP contribution >= 0.6 is 0 Å². The Kier molecular flexibility index (Phi) is 5.88. The van der Waals surface area contributed by atoms with Crippen molar-refractivity contribution in [2.75, 3.05) is 0 Å². The SMILES string of the molecule is O=c1c2ccccc2nc(-c2cccc(C(F)(F)F)c2)n1N=Cc1cccn1-c1cccc([N+](=O)[O-])c1. The van der Waals surface area contributed by atoms with E-state index in [1.54, 1.807) is 53.2 Å². The predicted molar refractivity (Wildman–Crippen MR) is 132 cm³/mol. The van der Waals surface area contributed by atoms with E-state index in [1.165, 1.54) is 36.5 Å². The third-order valence-electron chi connectivity index (χ3n) is 5.61. The van der Waals surface area contributed by atoms with E-state index in [2.05, 4.69) is 10.1 Å². The minimum Gasteiger partial charge on any atom is -0.315 e. The second-order valence-corrected chi connectivity index (χ2v) is 7.97. The van der Waals surface area contributed by atoms with Crippen LogP contribution in [0.3, 0.4) is 0 Å². The molecule has 0 saturated heterocycles. The van der Waals surface area contributed by atoms with Gasteiger partial charge in [-0.3, -0.25) is 14.9 Å². The summed E-state index contributed by atoms with van der Waals surface area (Å²) in [4.78, 5) is 28.4. The fourth-order valence-corrected chi connectivity index (χ4v) is 3.86. The number of nitro benzene ring substituents is 1. The van der Waals surface area contributed by atoms with Gasteiger partial charge >= 0.3 is 6.18 Å². The van der Waals surface area contributed by atoms with E-state index < -0.39 is 22.2 Å². The second kappa shape index (κ2) is 9.19. The van der Waals surface area contributed by atoms with Gasteiger partial charge in [0.25, 0.3) is 11.2 Å². The monoisotopic (exact) mass is 503 g/mol. The van der Waals surface area contributed by atoms with Gasteiger partial charge in [-0.2, -0.15) is 22.9 Å². The van der Waals surface area contributed by atoms with Gasteiger partial charge in [-0.15, -0.1) is 0 Å². The van der Waals surface area contributed by atoms with E-state index >= 15 is 0 Å². The first kappa shape index (κ1) is 23.7. The van der Waals surface area contributed by atoms with Gasteiger partial charge < -0.3 is 4.57 Å². The van der Waals surface area contributed by atoms with Gasteiger partial charge in [0.15, 0.2) is 5.82 Å². The molecule has 0 radical (unpaired) electrons. The number of non-ortho nitro benzene ring substituents is 1. The van der Waals surface area contributed by atoms with Crippen molar-refractivity contribution in [3.05, 3.63) is 123 Å². The van der Waals surface area contributed by atoms with Gasteiger partial charge in [-0.25, -0.2) is 4.98 Å². The maximum atomic E-state index is 13.4. The number of halogens is 3. The molecule has 0 aliphatic rings. The summed E-state index contributed by atoms with van der Waals surface area (Å²) in [6.45, 7) is 0. The van der Waals surface area contributed by atoms with Crippen molar-refractivity contribution < 1.29 is 18.1 Å². The van der Waals surface area contributed by atoms with Crippen LogP contribution in [0.2, 0.25) is 0 Å². The van der Waals surface area contributed by atoms with E-state index in [-0.39, 0.29) is 22.5 Å². The van der Waals surface area contributed by atoms with Gasteiger partial charge in [-0.05, 0) is 42.5 Å². The van der Waals surface area contributed by atoms with Crippen LogP contribution in [0.5, 0.6) is 0 Å². The molecule has 8 nitrogen and oxygen atoms in total. The number of nitrogens with zero attached hydrogens (tertiary/aromatic N) is 5. The Balaban J connectivity index is 1.66. The predicted octanol–water partition coefficient (Wildman–Crippen LogP) is 5.66. The summed E-state index contributed by atoms with van der Waals surface area (Å²) in [6.07, 6.45) is -1.58. The lowest BCUT2D eigenvalue weighted by Crippen LogP contribution is -2.20. The second-order valence-electron chi connectivity index (χ2n) is 7.97. The van der Waals surface area contributed by atoms with Crippen LogP contribution in [-0.4, -0.2) is 25.4 Å². The van der Waals surface area contributed by atoms with Gasteiger partial charge in [0.1, 0.15) is 0 Å². The fourth-order valence-electron chi connectivity index (χ4n) is 3.86. The first-order valence-electron chi connectivity index (χ1n) is 10.9. The topological polar surface area (TPSA) is 95.3 Å². The number of hydrogen-bond donors (Lipinski definition) is 0. The van der Waals surface area contributed by atoms with E-state index in [0.29, 0.717) is 16.9 Å². The van der Waals surface area contributed by atoms with Crippen LogP contribution in [0.25, 0.3) is 28.0 Å². The molecule has 3 aromatic carbocycles. The summed E-state index contributed by atoms with van der Waals surface area (Å²) < 4.78 is 42.7. The smallest absolute Gasteiger partial charge is 0.315 e. The van der Waals surface area contributed by atoms with Crippen molar-refractivity contribution in [1.82, 2.24) is 14.2 Å². The fraction of sp³-hybridized carbons (Fsp3) is 0.0385. The summed E-state index contributed by atoms with van der Waals surface area (Å²) >= 11 is 0. The summed E-state index contributed by atoms with van der Waals surface area (Å²) in [7, 11) is 0. The molecule has 11 heteroatoms. The maximum Gasteiger partial charge on any atom is 0.416 e. The van der Waals surface area contributed by atoms with E-state index in [0.717, 1.165) is 16.8 Å². The van der Waals surface area contributed by atoms with Crippen LogP contribution in [0.1, 0.15) is 11.3 Å². The van der Waals surface area contributed by atoms with E-state index in [1.807, 2.05) is 0 Å². The number of benzene rings is 3. The number of hydrogen-bond acceptors (Lipinski definition) is 5. The van der Waals surface area contributed by atoms with Crippen molar-refractivity contribution in [3.8, 4) is 17.1 Å². The van der Waals surface area contributed by atoms with E-state index in [9.17, 15) is 28.1 Å². The zero-order valence-corrected chi connectivity index (χ0v) is 18.8. The molecule has 0 unspecified atom stereocenters. The third-order valence-corrected chi connectivity index (χ3v) is 5.61. The molecule has 2 heterocycles. The van der Waals surface area contributed by atoms with Gasteiger partial charge in [0, 0.05) is 23.9 Å². The lowest BCUT2D eigenvalue weighted by Gasteiger charge is -2.12. The van der Waals surface area contributed by atoms with Crippen LogP contribution in [0.4, 0.5) is 18.9 Å². The highest BCUT2D eigenvalue weighted by Crippen LogP contribution is 2.32. The van der Waals surface area contributed by atoms with Crippen molar-refractivity contribution in [3.63, 3.8) is 0 Å². The molecule has 0 aliphatic carbocycles. The highest BCUT2D eigenvalue weighted by Gasteiger charge is 2.31. The van der Waals surface area contributed by atoms with Gasteiger partial charge in [0.2, 0.25) is 0 Å². The Morgan fingerprint density at radius 3 is 2.51 bits per heavy atom. The Hall–Kier alpha value is -5.06. The van der Waals surface area contributed by atoms with E-state index in [4.69, 9.17) is 0 Å². The number of alkyl halides is 3. The average molecular weight is 503 g/mol. The van der Waals surface area contributed by atoms with Crippen LogP contribution in [0.15, 0.2) is 101 Å². The minimum absolute atomic E-state index is 0.0592. The van der Waals surface area contributed by atoms with Crippen LogP contribution in [0, 0.1) is 10.1 Å². The Morgan fingerprint density at radius 1 is 0.946 bits per heavy atom. The molecule has 0 saturated carbocycles. The highest BCUT2D eigenvalue weighted by atomic mass is 19.4. The molecule has 0 amide bonds. The normalized spacial score (nSPS) is 11.9. The lowest BCUT2D eigenvalue weighted by atomic mass is 10.1. The highest BCUT2D eigenvalue weighted by molar-refractivity contribution is 5.81. The standard InChI is InChI=1S/C26H16F3N5O3/c27-26(28,29)18-7-3-6-17(14-18)24-31-23-12-2-1-11-22(23)25(35)33(24)30-16-21-10-5-13-32(21)19-8-4-9-20(15-19)34(36)37/h1-16H. The average Bonchev–Trinajstić information content (AvgIpc) is 3.36. The molecule has 0 N–H and O–H groups in total. The molecule has 0 aliphatic heterocycles. The number of fused-ring (bicyclic) bond motifs is 1. The molecule has 0 atom stereocenters. The molecule has 184 valence electrons. The molecular formula is C26H16F3N5O3. The van der Waals surface area contributed by atoms with Crippen molar-refractivity contribution in [1.29, 1.82) is 0 Å². The number of para-hydroxylation sites is 1. The minimum atomic E-state index is -4.58. The first-order chi connectivity index (χ1) is 17.7. The summed E-state index contributed by atoms with van der Waals surface area (Å²) in [5.41, 5.74) is -0.227. The molecule has 0 spiro atoms. The number of aromatic nitrogens is 3. The molecule has 2 aromatic heterocycles. The van der Waals surface area contributed by atoms with Crippen LogP contribution in [-0.2, 0) is 6.18 Å². The first-order valence-corrected chi connectivity index (χ1v) is 10.9. The zero-order valence-electron chi connectivity index (χ0n) is 18.8. The largest absolute Gasteiger partial charge is 0.416 e. The Bertz CT molecular complexity index is 1740. The van der Waals surface area contributed by atoms with Crippen LogP contribution < -0.4 is 5.56 Å². The summed E-state index contributed by atoms with van der Waals surface area (Å²) in [5, 5.41) is 15.7. The molecule has 5 aromatic rings. The molecule has 0 bridgehead atoms. The zero-order chi connectivity index (χ0) is 26.2. The third kappa shape index (κ3) is 4.61. The quantitative estimate of drug-likeness (QED) is 0.176. The van der Waals surface area contributed by atoms with Crippen molar-refractivity contribution in [2.45, 2.75) is 6.18 Å². The van der Waals surface area contributed by atoms with Gasteiger partial charge in [0.05, 0.1) is 39.0 Å². The van der Waals surface area contributed by atoms with Crippen molar-refractivity contribution >= 4 is 22.8 Å². The Morgan fingerprint density at radius 2 is 1.73 bits per heavy atom. The number of rotatable bonds is 5. The lowest BCUT2D eigenvalue weighted by molar-refractivity contribution is -0.384. The summed E-state index contributed by atoms with van der Waals surface area (Å²) in [6, 6.07) is 20.3. The summed E-state index contributed by atoms with van der Waals surface area (Å²) in [5.74, 6) is -0.0699. The molecule has 5 rings (SSSR count). The molecule has 37 heavy (non-hydrogen) atoms. The number of nitro groups is 1. The Labute approximate surface area is 206 Å². The molecular weight excluding hydrogens is 487 g/mol. The molecule has 0 fully saturated rings.